The predicted molar refractivity (Wildman–Crippen MR) is 101 cm³/mol. The van der Waals surface area contributed by atoms with Gasteiger partial charge in [-0.05, 0) is 50.3 Å². The molecule has 2 rings (SSSR count). The highest BCUT2D eigenvalue weighted by atomic mass is 31.2. The maximum absolute atomic E-state index is 6.58. The molecule has 0 heterocycles. The third-order valence-electron chi connectivity index (χ3n) is 3.15. The van der Waals surface area contributed by atoms with Gasteiger partial charge in [-0.3, -0.25) is 0 Å². The lowest BCUT2D eigenvalue weighted by molar-refractivity contribution is 0.610. The van der Waals surface area contributed by atoms with Crippen LogP contribution in [0.3, 0.4) is 0 Å². The fourth-order valence-corrected chi connectivity index (χ4v) is 9.53. The van der Waals surface area contributed by atoms with Crippen molar-refractivity contribution in [2.75, 3.05) is 6.16 Å². The second kappa shape index (κ2) is 7.30. The van der Waals surface area contributed by atoms with Crippen molar-refractivity contribution in [3.63, 3.8) is 0 Å². The van der Waals surface area contributed by atoms with Crippen molar-refractivity contribution in [3.8, 4) is 5.75 Å². The molecule has 2 nitrogen and oxygen atoms in total. The Morgan fingerprint density at radius 3 is 1.95 bits per heavy atom. The minimum absolute atomic E-state index is 0.926. The maximum Gasteiger partial charge on any atom is 0.175 e. The maximum atomic E-state index is 6.58. The van der Waals surface area contributed by atoms with Gasteiger partial charge in [0.25, 0.3) is 0 Å². The number of rotatable bonds is 6. The zero-order chi connectivity index (χ0) is 16.1. The van der Waals surface area contributed by atoms with E-state index in [0.29, 0.717) is 0 Å². The fraction of sp³-hybridized carbons (Fsp3) is 0.333. The van der Waals surface area contributed by atoms with Gasteiger partial charge in [-0.25, -0.2) is 0 Å². The predicted octanol–water partition coefficient (Wildman–Crippen LogP) is 5.75. The summed E-state index contributed by atoms with van der Waals surface area (Å²) in [6, 6.07) is 20.7. The summed E-state index contributed by atoms with van der Waals surface area (Å²) in [6.45, 7) is 9.07. The van der Waals surface area contributed by atoms with Crippen LogP contribution >= 0.6 is 7.28 Å². The lowest BCUT2D eigenvalue weighted by atomic mass is 10.3. The van der Waals surface area contributed by atoms with Crippen LogP contribution in [0, 0.1) is 0 Å². The number of nitrogens with zero attached hydrogens (tertiary/aromatic N) is 1. The molecule has 0 aromatic heterocycles. The molecular weight excluding hydrogens is 305 g/mol. The fourth-order valence-electron chi connectivity index (χ4n) is 2.46. The Morgan fingerprint density at radius 1 is 0.909 bits per heavy atom. The van der Waals surface area contributed by atoms with Crippen molar-refractivity contribution in [2.45, 2.75) is 33.0 Å². The van der Waals surface area contributed by atoms with Crippen LogP contribution in [-0.2, 0) is 0 Å². The van der Waals surface area contributed by atoms with Gasteiger partial charge in [-0.2, -0.15) is 0 Å². The molecule has 2 aromatic carbocycles. The molecule has 0 fully saturated rings. The first-order valence-corrected chi connectivity index (χ1v) is 13.2. The van der Waals surface area contributed by atoms with Crippen molar-refractivity contribution < 1.29 is 4.52 Å². The summed E-state index contributed by atoms with van der Waals surface area (Å²) in [5.41, 5.74) is 0. The van der Waals surface area contributed by atoms with Crippen LogP contribution in [0.25, 0.3) is 0 Å². The number of hydrogen-bond acceptors (Lipinski definition) is 2. The van der Waals surface area contributed by atoms with Gasteiger partial charge in [-0.1, -0.05) is 43.3 Å². The zero-order valence-corrected chi connectivity index (χ0v) is 15.9. The van der Waals surface area contributed by atoms with Gasteiger partial charge in [0.05, 0.1) is 0 Å². The van der Waals surface area contributed by atoms with Crippen molar-refractivity contribution in [2.24, 2.45) is 4.41 Å². The van der Waals surface area contributed by atoms with E-state index >= 15 is 0 Å². The Labute approximate surface area is 135 Å². The first-order valence-electron chi connectivity index (χ1n) is 7.88. The number of para-hydroxylation sites is 1. The number of hydrogen-bond donors (Lipinski definition) is 0. The van der Waals surface area contributed by atoms with Crippen molar-refractivity contribution in [3.05, 3.63) is 60.7 Å². The number of benzene rings is 2. The van der Waals surface area contributed by atoms with Crippen LogP contribution in [0.5, 0.6) is 5.75 Å². The van der Waals surface area contributed by atoms with E-state index in [-0.39, 0.29) is 0 Å². The van der Waals surface area contributed by atoms with Crippen LogP contribution < -0.4 is 9.83 Å². The van der Waals surface area contributed by atoms with E-state index in [4.69, 9.17) is 8.93 Å². The van der Waals surface area contributed by atoms with E-state index in [1.165, 1.54) is 5.30 Å². The highest BCUT2D eigenvalue weighted by Gasteiger charge is 2.27. The Balaban J connectivity index is 2.58. The summed E-state index contributed by atoms with van der Waals surface area (Å²) in [6.07, 6.45) is 2.07. The summed E-state index contributed by atoms with van der Waals surface area (Å²) in [5, 5.41) is 1.25. The average Bonchev–Trinajstić information content (AvgIpc) is 2.48. The molecule has 0 aliphatic rings. The highest BCUT2D eigenvalue weighted by Crippen LogP contribution is 2.51. The molecule has 22 heavy (non-hydrogen) atoms. The molecule has 0 amide bonds. The largest absolute Gasteiger partial charge is 0.457 e. The molecule has 0 aliphatic heterocycles. The SMILES string of the molecule is CCCP(=N[Si](C)(C)C)(Oc1ccccc1)c1ccccc1. The second-order valence-corrected chi connectivity index (χ2v) is 14.1. The molecule has 4 heteroatoms. The van der Waals surface area contributed by atoms with Gasteiger partial charge < -0.3 is 8.93 Å². The summed E-state index contributed by atoms with van der Waals surface area (Å²) in [7, 11) is -3.62. The molecule has 0 saturated heterocycles. The van der Waals surface area contributed by atoms with Crippen molar-refractivity contribution in [1.29, 1.82) is 0 Å². The van der Waals surface area contributed by atoms with E-state index in [9.17, 15) is 0 Å². The third kappa shape index (κ3) is 4.59. The minimum atomic E-state index is -2.01. The molecular formula is C18H26NOPSi. The summed E-state index contributed by atoms with van der Waals surface area (Å²) in [4.78, 5) is 0. The van der Waals surface area contributed by atoms with Gasteiger partial charge >= 0.3 is 0 Å². The molecule has 0 bridgehead atoms. The Hall–Kier alpha value is -1.31. The van der Waals surface area contributed by atoms with Crippen molar-refractivity contribution in [1.82, 2.24) is 0 Å². The first kappa shape index (κ1) is 17.0. The first-order chi connectivity index (χ1) is 10.5. The summed E-state index contributed by atoms with van der Waals surface area (Å²) in [5.74, 6) is 0.926. The summed E-state index contributed by atoms with van der Waals surface area (Å²) < 4.78 is 11.9. The molecule has 1 atom stereocenters. The monoisotopic (exact) mass is 331 g/mol. The molecule has 0 aliphatic carbocycles. The Kier molecular flexibility index (Phi) is 5.66. The lowest BCUT2D eigenvalue weighted by Crippen LogP contribution is -2.22. The van der Waals surface area contributed by atoms with Crippen LogP contribution in [0.1, 0.15) is 13.3 Å². The second-order valence-electron chi connectivity index (χ2n) is 6.44. The zero-order valence-electron chi connectivity index (χ0n) is 14.0. The van der Waals surface area contributed by atoms with Crippen LogP contribution in [0.2, 0.25) is 19.6 Å². The molecule has 0 saturated carbocycles. The summed E-state index contributed by atoms with van der Waals surface area (Å²) >= 11 is 0. The standard InChI is InChI=1S/C18H26NOPSi/c1-5-16-21(19-22(2,3)4,18-14-10-7-11-15-18)20-17-12-8-6-9-13-17/h6-15H,5,16H2,1-4H3. The topological polar surface area (TPSA) is 21.6 Å². The molecule has 0 spiro atoms. The van der Waals surface area contributed by atoms with Gasteiger partial charge in [0.2, 0.25) is 0 Å². The van der Waals surface area contributed by atoms with Crippen molar-refractivity contribution >= 4 is 20.8 Å². The van der Waals surface area contributed by atoms with Crippen LogP contribution in [0.15, 0.2) is 65.1 Å². The van der Waals surface area contributed by atoms with Gasteiger partial charge in [0, 0.05) is 11.5 Å². The average molecular weight is 331 g/mol. The molecule has 1 unspecified atom stereocenters. The lowest BCUT2D eigenvalue weighted by Gasteiger charge is -2.29. The van der Waals surface area contributed by atoms with Crippen LogP contribution in [-0.4, -0.2) is 14.4 Å². The van der Waals surface area contributed by atoms with Crippen LogP contribution in [0.4, 0.5) is 0 Å². The van der Waals surface area contributed by atoms with E-state index in [0.717, 1.165) is 18.3 Å². The minimum Gasteiger partial charge on any atom is -0.457 e. The van der Waals surface area contributed by atoms with E-state index in [1.54, 1.807) is 0 Å². The Bertz CT molecular complexity index is 635. The quantitative estimate of drug-likeness (QED) is 0.488. The van der Waals surface area contributed by atoms with Gasteiger partial charge in [0.15, 0.2) is 15.5 Å². The highest BCUT2D eigenvalue weighted by molar-refractivity contribution is 7.70. The molecule has 0 N–H and O–H groups in total. The Morgan fingerprint density at radius 2 is 1.45 bits per heavy atom. The molecule has 0 radical (unpaired) electrons. The van der Waals surface area contributed by atoms with Gasteiger partial charge in [0.1, 0.15) is 5.75 Å². The molecule has 2 aromatic rings. The smallest absolute Gasteiger partial charge is 0.175 e. The van der Waals surface area contributed by atoms with E-state index in [2.05, 4.69) is 56.9 Å². The molecule has 118 valence electrons. The third-order valence-corrected chi connectivity index (χ3v) is 9.51. The van der Waals surface area contributed by atoms with Gasteiger partial charge in [-0.15, -0.1) is 0 Å². The van der Waals surface area contributed by atoms with E-state index in [1.807, 2.05) is 30.3 Å². The van der Waals surface area contributed by atoms with E-state index < -0.39 is 15.5 Å². The normalized spacial score (nSPS) is 14.2.